The zero-order valence-corrected chi connectivity index (χ0v) is 12.4. The fourth-order valence-electron chi connectivity index (χ4n) is 1.92. The van der Waals surface area contributed by atoms with Crippen molar-refractivity contribution < 1.29 is 9.66 Å². The lowest BCUT2D eigenvalue weighted by molar-refractivity contribution is -0.479. The van der Waals surface area contributed by atoms with E-state index in [1.807, 2.05) is 42.5 Å². The van der Waals surface area contributed by atoms with E-state index in [1.165, 1.54) is 11.8 Å². The van der Waals surface area contributed by atoms with Gasteiger partial charge in [-0.2, -0.15) is 0 Å². The first-order valence-corrected chi connectivity index (χ1v) is 7.24. The van der Waals surface area contributed by atoms with Gasteiger partial charge in [-0.05, 0) is 35.9 Å². The van der Waals surface area contributed by atoms with Gasteiger partial charge in [0.15, 0.2) is 0 Å². The van der Waals surface area contributed by atoms with Crippen molar-refractivity contribution in [2.75, 3.05) is 19.4 Å². The predicted octanol–water partition coefficient (Wildman–Crippen LogP) is 3.39. The number of methoxy groups -OCH3 is 1. The number of nitrogens with zero attached hydrogens (tertiary/aromatic N) is 1. The van der Waals surface area contributed by atoms with Crippen LogP contribution in [0.4, 0.5) is 5.69 Å². The maximum atomic E-state index is 10.9. The molecule has 1 atom stereocenters. The lowest BCUT2D eigenvalue weighted by Crippen LogP contribution is -2.09. The number of thioether (sulfide) groups is 1. The first kappa shape index (κ1) is 15.2. The van der Waals surface area contributed by atoms with Crippen molar-refractivity contribution in [3.63, 3.8) is 0 Å². The second-order valence-corrected chi connectivity index (χ2v) is 5.74. The highest BCUT2D eigenvalue weighted by molar-refractivity contribution is 7.99. The molecule has 2 aromatic carbocycles. The summed E-state index contributed by atoms with van der Waals surface area (Å²) >= 11 is 1.44. The molecule has 0 saturated carbocycles. The highest BCUT2D eigenvalue weighted by Gasteiger charge is 2.19. The molecule has 2 N–H and O–H groups in total. The number of nitrogen functional groups attached to an aromatic ring is 1. The van der Waals surface area contributed by atoms with E-state index in [-0.39, 0.29) is 16.7 Å². The van der Waals surface area contributed by atoms with Crippen LogP contribution in [-0.4, -0.2) is 18.6 Å². The monoisotopic (exact) mass is 304 g/mol. The third-order valence-corrected chi connectivity index (χ3v) is 4.17. The average Bonchev–Trinajstić information content (AvgIpc) is 2.46. The minimum absolute atomic E-state index is 0.147. The molecule has 0 bridgehead atoms. The third-order valence-electron chi connectivity index (χ3n) is 2.94. The summed E-state index contributed by atoms with van der Waals surface area (Å²) in [4.78, 5) is 11.5. The molecule has 0 heterocycles. The zero-order valence-electron chi connectivity index (χ0n) is 11.6. The van der Waals surface area contributed by atoms with E-state index in [0.717, 1.165) is 16.2 Å². The van der Waals surface area contributed by atoms with Gasteiger partial charge in [-0.15, -0.1) is 11.8 Å². The largest absolute Gasteiger partial charge is 0.497 e. The maximum Gasteiger partial charge on any atom is 0.220 e. The molecule has 2 rings (SSSR count). The minimum atomic E-state index is -0.297. The second-order valence-electron chi connectivity index (χ2n) is 4.47. The summed E-state index contributed by atoms with van der Waals surface area (Å²) in [6.07, 6.45) is 0. The van der Waals surface area contributed by atoms with Gasteiger partial charge >= 0.3 is 0 Å². The summed E-state index contributed by atoms with van der Waals surface area (Å²) < 4.78 is 5.11. The topological polar surface area (TPSA) is 78.4 Å². The fourth-order valence-corrected chi connectivity index (χ4v) is 3.10. The molecular weight excluding hydrogens is 288 g/mol. The molecular formula is C15H16N2O3S. The zero-order chi connectivity index (χ0) is 15.2. The first-order chi connectivity index (χ1) is 10.1. The smallest absolute Gasteiger partial charge is 0.220 e. The van der Waals surface area contributed by atoms with E-state index >= 15 is 0 Å². The Kier molecular flexibility index (Phi) is 5.05. The van der Waals surface area contributed by atoms with Crippen LogP contribution >= 0.6 is 11.8 Å². The number of anilines is 1. The number of hydrogen-bond acceptors (Lipinski definition) is 5. The second kappa shape index (κ2) is 6.99. The Morgan fingerprint density at radius 2 is 2.00 bits per heavy atom. The van der Waals surface area contributed by atoms with E-state index in [9.17, 15) is 10.1 Å². The van der Waals surface area contributed by atoms with Crippen LogP contribution in [-0.2, 0) is 0 Å². The van der Waals surface area contributed by atoms with Gasteiger partial charge in [0, 0.05) is 15.5 Å². The molecule has 0 fully saturated rings. The van der Waals surface area contributed by atoms with E-state index in [2.05, 4.69) is 0 Å². The van der Waals surface area contributed by atoms with Crippen molar-refractivity contribution in [1.29, 1.82) is 0 Å². The van der Waals surface area contributed by atoms with Gasteiger partial charge in [0.05, 0.1) is 12.4 Å². The van der Waals surface area contributed by atoms with Crippen LogP contribution in [0.15, 0.2) is 53.4 Å². The van der Waals surface area contributed by atoms with Crippen LogP contribution in [0, 0.1) is 10.1 Å². The molecule has 0 aliphatic heterocycles. The molecule has 2 aromatic rings. The van der Waals surface area contributed by atoms with Crippen molar-refractivity contribution in [2.45, 2.75) is 10.1 Å². The molecule has 0 spiro atoms. The van der Waals surface area contributed by atoms with Crippen LogP contribution in [0.2, 0.25) is 0 Å². The van der Waals surface area contributed by atoms with Crippen molar-refractivity contribution in [2.24, 2.45) is 0 Å². The number of hydrogen-bond donors (Lipinski definition) is 1. The third kappa shape index (κ3) is 4.39. The van der Waals surface area contributed by atoms with Crippen LogP contribution < -0.4 is 10.5 Å². The van der Waals surface area contributed by atoms with E-state index < -0.39 is 0 Å². The van der Waals surface area contributed by atoms with Gasteiger partial charge in [0.1, 0.15) is 5.75 Å². The van der Waals surface area contributed by atoms with Gasteiger partial charge < -0.3 is 10.5 Å². The van der Waals surface area contributed by atoms with Gasteiger partial charge in [0.25, 0.3) is 0 Å². The predicted molar refractivity (Wildman–Crippen MR) is 84.3 cm³/mol. The quantitative estimate of drug-likeness (QED) is 0.383. The molecule has 0 unspecified atom stereocenters. The number of nitrogens with two attached hydrogens (primary N) is 1. The van der Waals surface area contributed by atoms with Crippen LogP contribution in [0.5, 0.6) is 5.75 Å². The van der Waals surface area contributed by atoms with Gasteiger partial charge in [0.2, 0.25) is 6.54 Å². The Labute approximate surface area is 127 Å². The summed E-state index contributed by atoms with van der Waals surface area (Å²) in [5.41, 5.74) is 7.28. The summed E-state index contributed by atoms with van der Waals surface area (Å²) in [6.45, 7) is -0.147. The Hall–Kier alpha value is -2.21. The Morgan fingerprint density at radius 1 is 1.29 bits per heavy atom. The Balaban J connectivity index is 2.22. The molecule has 0 aromatic heterocycles. The standard InChI is InChI=1S/C15H16N2O3S/c1-20-13-7-5-11(6-8-13)15(10-17(18)19)21-14-4-2-3-12(16)9-14/h2-9,15H,10,16H2,1H3/t15-/m0/s1. The Morgan fingerprint density at radius 3 is 2.57 bits per heavy atom. The number of rotatable bonds is 6. The SMILES string of the molecule is COc1ccc([C@H](C[N+](=O)[O-])Sc2cccc(N)c2)cc1. The number of benzene rings is 2. The van der Waals surface area contributed by atoms with Crippen molar-refractivity contribution in [3.8, 4) is 5.75 Å². The lowest BCUT2D eigenvalue weighted by atomic mass is 10.1. The van der Waals surface area contributed by atoms with Crippen molar-refractivity contribution >= 4 is 17.4 Å². The van der Waals surface area contributed by atoms with Crippen LogP contribution in [0.1, 0.15) is 10.8 Å². The van der Waals surface area contributed by atoms with Crippen molar-refractivity contribution in [1.82, 2.24) is 0 Å². The van der Waals surface area contributed by atoms with Crippen LogP contribution in [0.25, 0.3) is 0 Å². The summed E-state index contributed by atoms with van der Waals surface area (Å²) in [6, 6.07) is 14.7. The molecule has 5 nitrogen and oxygen atoms in total. The number of ether oxygens (including phenoxy) is 1. The highest BCUT2D eigenvalue weighted by atomic mass is 32.2. The molecule has 0 aliphatic rings. The normalized spacial score (nSPS) is 11.9. The number of nitro groups is 1. The molecule has 6 heteroatoms. The highest BCUT2D eigenvalue weighted by Crippen LogP contribution is 2.36. The van der Waals surface area contributed by atoms with E-state index in [4.69, 9.17) is 10.5 Å². The lowest BCUT2D eigenvalue weighted by Gasteiger charge is -2.14. The van der Waals surface area contributed by atoms with E-state index in [1.54, 1.807) is 13.2 Å². The van der Waals surface area contributed by atoms with Crippen LogP contribution in [0.3, 0.4) is 0 Å². The summed E-state index contributed by atoms with van der Waals surface area (Å²) in [5, 5.41) is 10.6. The van der Waals surface area contributed by atoms with Crippen molar-refractivity contribution in [3.05, 3.63) is 64.2 Å². The fraction of sp³-hybridized carbons (Fsp3) is 0.200. The van der Waals surface area contributed by atoms with Gasteiger partial charge in [-0.1, -0.05) is 18.2 Å². The molecule has 110 valence electrons. The molecule has 0 saturated heterocycles. The molecule has 21 heavy (non-hydrogen) atoms. The molecule has 0 radical (unpaired) electrons. The van der Waals surface area contributed by atoms with Gasteiger partial charge in [-0.25, -0.2) is 0 Å². The average molecular weight is 304 g/mol. The summed E-state index contributed by atoms with van der Waals surface area (Å²) in [7, 11) is 1.59. The summed E-state index contributed by atoms with van der Waals surface area (Å²) in [5.74, 6) is 0.729. The minimum Gasteiger partial charge on any atom is -0.497 e. The molecule has 0 aliphatic carbocycles. The van der Waals surface area contributed by atoms with Gasteiger partial charge in [-0.3, -0.25) is 10.1 Å². The Bertz CT molecular complexity index is 617. The first-order valence-electron chi connectivity index (χ1n) is 6.36. The maximum absolute atomic E-state index is 10.9. The molecule has 0 amide bonds. The van der Waals surface area contributed by atoms with E-state index in [0.29, 0.717) is 5.69 Å².